The molecule has 0 saturated carbocycles. The van der Waals surface area contributed by atoms with E-state index in [1.807, 2.05) is 6.92 Å². The molecule has 16 heavy (non-hydrogen) atoms. The van der Waals surface area contributed by atoms with Crippen molar-refractivity contribution in [3.63, 3.8) is 0 Å². The van der Waals surface area contributed by atoms with E-state index < -0.39 is 0 Å². The van der Waals surface area contributed by atoms with Crippen LogP contribution in [0.15, 0.2) is 35.6 Å². The third kappa shape index (κ3) is 3.86. The number of hydrogen-bond acceptors (Lipinski definition) is 2. The van der Waals surface area contributed by atoms with Crippen LogP contribution in [0.1, 0.15) is 20.8 Å². The van der Waals surface area contributed by atoms with Gasteiger partial charge in [0, 0.05) is 31.9 Å². The van der Waals surface area contributed by atoms with Crippen molar-refractivity contribution in [1.82, 2.24) is 9.80 Å². The molecule has 2 heteroatoms. The number of allylic oxidation sites excluding steroid dienone is 5. The highest BCUT2D eigenvalue weighted by molar-refractivity contribution is 5.28. The first-order valence-corrected chi connectivity index (χ1v) is 5.95. The quantitative estimate of drug-likeness (QED) is 0.675. The monoisotopic (exact) mass is 220 g/mol. The van der Waals surface area contributed by atoms with Gasteiger partial charge in [0.25, 0.3) is 0 Å². The van der Waals surface area contributed by atoms with Crippen molar-refractivity contribution < 1.29 is 0 Å². The summed E-state index contributed by atoms with van der Waals surface area (Å²) in [6.45, 7) is 14.9. The maximum Gasteiger partial charge on any atom is 0.0303 e. The minimum atomic E-state index is 1.14. The van der Waals surface area contributed by atoms with Crippen LogP contribution >= 0.6 is 0 Å². The summed E-state index contributed by atoms with van der Waals surface area (Å²) in [7, 11) is 2.18. The van der Waals surface area contributed by atoms with E-state index in [0.717, 1.165) is 31.8 Å². The Morgan fingerprint density at radius 3 is 2.06 bits per heavy atom. The predicted molar refractivity (Wildman–Crippen MR) is 71.4 cm³/mol. The van der Waals surface area contributed by atoms with Crippen LogP contribution in [-0.2, 0) is 0 Å². The molecule has 0 N–H and O–H groups in total. The second kappa shape index (κ2) is 5.90. The summed E-state index contributed by atoms with van der Waals surface area (Å²) < 4.78 is 0. The average molecular weight is 220 g/mol. The molecule has 1 heterocycles. The van der Waals surface area contributed by atoms with Crippen LogP contribution in [0.25, 0.3) is 0 Å². The van der Waals surface area contributed by atoms with Crippen molar-refractivity contribution >= 4 is 0 Å². The molecule has 0 spiro atoms. The zero-order chi connectivity index (χ0) is 12.1. The normalized spacial score (nSPS) is 20.1. The molecule has 2 nitrogen and oxygen atoms in total. The van der Waals surface area contributed by atoms with E-state index in [4.69, 9.17) is 0 Å². The Kier molecular flexibility index (Phi) is 4.81. The Morgan fingerprint density at radius 1 is 1.00 bits per heavy atom. The minimum absolute atomic E-state index is 1.14. The summed E-state index contributed by atoms with van der Waals surface area (Å²) >= 11 is 0. The molecule has 0 amide bonds. The van der Waals surface area contributed by atoms with Gasteiger partial charge in [-0.1, -0.05) is 18.2 Å². The van der Waals surface area contributed by atoms with Gasteiger partial charge >= 0.3 is 0 Å². The number of piperazine rings is 1. The Bertz CT molecular complexity index is 305. The van der Waals surface area contributed by atoms with Crippen LogP contribution in [0.4, 0.5) is 0 Å². The second-order valence-corrected chi connectivity index (χ2v) is 4.73. The molecule has 0 atom stereocenters. The number of hydrogen-bond donors (Lipinski definition) is 0. The molecular weight excluding hydrogens is 196 g/mol. The summed E-state index contributed by atoms with van der Waals surface area (Å²) in [6.07, 6.45) is 4.37. The van der Waals surface area contributed by atoms with Crippen molar-refractivity contribution in [3.05, 3.63) is 35.6 Å². The molecule has 0 bridgehead atoms. The SMILES string of the molecule is C=C(C)C(C)=CC=C(C)N1CCN(C)CC1. The predicted octanol–water partition coefficient (Wildman–Crippen LogP) is 2.66. The van der Waals surface area contributed by atoms with Crippen LogP contribution in [0.2, 0.25) is 0 Å². The summed E-state index contributed by atoms with van der Waals surface area (Å²) in [6, 6.07) is 0. The van der Waals surface area contributed by atoms with Crippen LogP contribution in [0.3, 0.4) is 0 Å². The van der Waals surface area contributed by atoms with Crippen molar-refractivity contribution in [2.75, 3.05) is 33.2 Å². The fraction of sp³-hybridized carbons (Fsp3) is 0.571. The maximum absolute atomic E-state index is 3.94. The standard InChI is InChI=1S/C14H24N2/c1-12(2)13(3)6-7-14(4)16-10-8-15(5)9-11-16/h6-7H,1,8-11H2,2-5H3. The Labute approximate surface area is 99.9 Å². The topological polar surface area (TPSA) is 6.48 Å². The summed E-state index contributed by atoms with van der Waals surface area (Å²) in [5.74, 6) is 0. The molecule has 1 rings (SSSR count). The Balaban J connectivity index is 2.57. The molecule has 0 unspecified atom stereocenters. The van der Waals surface area contributed by atoms with Gasteiger partial charge in [0.15, 0.2) is 0 Å². The molecule has 0 aliphatic carbocycles. The van der Waals surface area contributed by atoms with E-state index in [9.17, 15) is 0 Å². The molecule has 1 fully saturated rings. The first-order chi connectivity index (χ1) is 7.50. The molecule has 1 aliphatic rings. The Hall–Kier alpha value is -1.02. The van der Waals surface area contributed by atoms with Crippen LogP contribution in [-0.4, -0.2) is 43.0 Å². The lowest BCUT2D eigenvalue weighted by molar-refractivity contribution is 0.186. The summed E-state index contributed by atoms with van der Waals surface area (Å²) in [5.41, 5.74) is 3.75. The minimum Gasteiger partial charge on any atom is -0.372 e. The third-order valence-corrected chi connectivity index (χ3v) is 3.25. The van der Waals surface area contributed by atoms with Crippen LogP contribution < -0.4 is 0 Å². The van der Waals surface area contributed by atoms with E-state index in [0.29, 0.717) is 0 Å². The van der Waals surface area contributed by atoms with Gasteiger partial charge in [0.05, 0.1) is 0 Å². The molecular formula is C14H24N2. The van der Waals surface area contributed by atoms with Gasteiger partial charge in [-0.2, -0.15) is 0 Å². The molecule has 0 aromatic carbocycles. The highest BCUT2D eigenvalue weighted by atomic mass is 15.2. The molecule has 90 valence electrons. The van der Waals surface area contributed by atoms with Crippen molar-refractivity contribution in [3.8, 4) is 0 Å². The fourth-order valence-corrected chi connectivity index (χ4v) is 1.65. The van der Waals surface area contributed by atoms with Gasteiger partial charge in [-0.05, 0) is 39.5 Å². The zero-order valence-corrected chi connectivity index (χ0v) is 11.1. The summed E-state index contributed by atoms with van der Waals surface area (Å²) in [5, 5.41) is 0. The molecule has 0 aromatic rings. The van der Waals surface area contributed by atoms with Crippen LogP contribution in [0.5, 0.6) is 0 Å². The average Bonchev–Trinajstić information content (AvgIpc) is 2.26. The fourth-order valence-electron chi connectivity index (χ4n) is 1.65. The maximum atomic E-state index is 3.94. The van der Waals surface area contributed by atoms with Crippen LogP contribution in [0, 0.1) is 0 Å². The van der Waals surface area contributed by atoms with Gasteiger partial charge < -0.3 is 9.80 Å². The van der Waals surface area contributed by atoms with Gasteiger partial charge in [-0.3, -0.25) is 0 Å². The summed E-state index contributed by atoms with van der Waals surface area (Å²) in [4.78, 5) is 4.82. The van der Waals surface area contributed by atoms with E-state index in [-0.39, 0.29) is 0 Å². The van der Waals surface area contributed by atoms with Crippen molar-refractivity contribution in [2.24, 2.45) is 0 Å². The molecule has 0 radical (unpaired) electrons. The number of likely N-dealkylation sites (N-methyl/N-ethyl adjacent to an activating group) is 1. The lowest BCUT2D eigenvalue weighted by Crippen LogP contribution is -2.43. The lowest BCUT2D eigenvalue weighted by atomic mass is 10.1. The lowest BCUT2D eigenvalue weighted by Gasteiger charge is -2.34. The molecule has 0 aromatic heterocycles. The first kappa shape index (κ1) is 13.0. The molecule has 1 aliphatic heterocycles. The van der Waals surface area contributed by atoms with Crippen molar-refractivity contribution in [1.29, 1.82) is 0 Å². The van der Waals surface area contributed by atoms with E-state index in [2.05, 4.69) is 49.4 Å². The highest BCUT2D eigenvalue weighted by Gasteiger charge is 2.12. The van der Waals surface area contributed by atoms with E-state index in [1.165, 1.54) is 11.3 Å². The zero-order valence-electron chi connectivity index (χ0n) is 11.1. The van der Waals surface area contributed by atoms with Gasteiger partial charge in [0.1, 0.15) is 0 Å². The first-order valence-electron chi connectivity index (χ1n) is 5.95. The Morgan fingerprint density at radius 2 is 1.56 bits per heavy atom. The molecule has 1 saturated heterocycles. The number of nitrogens with zero attached hydrogens (tertiary/aromatic N) is 2. The largest absolute Gasteiger partial charge is 0.372 e. The highest BCUT2D eigenvalue weighted by Crippen LogP contribution is 2.10. The van der Waals surface area contributed by atoms with Gasteiger partial charge in [-0.25, -0.2) is 0 Å². The third-order valence-electron chi connectivity index (χ3n) is 3.25. The van der Waals surface area contributed by atoms with E-state index in [1.54, 1.807) is 0 Å². The van der Waals surface area contributed by atoms with Gasteiger partial charge in [0.2, 0.25) is 0 Å². The number of rotatable bonds is 3. The van der Waals surface area contributed by atoms with E-state index >= 15 is 0 Å². The second-order valence-electron chi connectivity index (χ2n) is 4.73. The smallest absolute Gasteiger partial charge is 0.0303 e. The van der Waals surface area contributed by atoms with Crippen molar-refractivity contribution in [2.45, 2.75) is 20.8 Å². The van der Waals surface area contributed by atoms with Gasteiger partial charge in [-0.15, -0.1) is 0 Å².